The van der Waals surface area contributed by atoms with E-state index in [4.69, 9.17) is 14.2 Å². The van der Waals surface area contributed by atoms with Crippen molar-refractivity contribution in [2.75, 3.05) is 20.3 Å². The second-order valence-corrected chi connectivity index (χ2v) is 6.62. The zero-order chi connectivity index (χ0) is 19.6. The minimum absolute atomic E-state index is 0.0180. The smallest absolute Gasteiger partial charge is 0.258 e. The van der Waals surface area contributed by atoms with Gasteiger partial charge in [-0.1, -0.05) is 39.0 Å². The zero-order valence-corrected chi connectivity index (χ0v) is 16.6. The van der Waals surface area contributed by atoms with Crippen LogP contribution in [0.25, 0.3) is 0 Å². The van der Waals surface area contributed by atoms with E-state index in [1.807, 2.05) is 42.5 Å². The number of rotatable bonds is 10. The van der Waals surface area contributed by atoms with E-state index < -0.39 is 0 Å². The standard InChI is InChI=1S/C22H29NO4/c1-5-12-26-20-11-6-17(13-21(20)25-4)14-23-22(24)15-27-19-9-7-18(8-10-19)16(2)3/h6-11,13,16H,5,12,14-15H2,1-4H3,(H,23,24). The molecule has 0 aliphatic heterocycles. The fourth-order valence-corrected chi connectivity index (χ4v) is 2.50. The molecule has 0 spiro atoms. The molecule has 5 heteroatoms. The van der Waals surface area contributed by atoms with E-state index in [9.17, 15) is 4.79 Å². The van der Waals surface area contributed by atoms with Gasteiger partial charge in [-0.25, -0.2) is 0 Å². The maximum absolute atomic E-state index is 12.0. The van der Waals surface area contributed by atoms with Crippen molar-refractivity contribution in [3.8, 4) is 17.2 Å². The van der Waals surface area contributed by atoms with Gasteiger partial charge in [0.05, 0.1) is 13.7 Å². The Labute approximate surface area is 161 Å². The van der Waals surface area contributed by atoms with Gasteiger partial charge in [-0.05, 0) is 47.7 Å². The van der Waals surface area contributed by atoms with Crippen LogP contribution >= 0.6 is 0 Å². The zero-order valence-electron chi connectivity index (χ0n) is 16.6. The Morgan fingerprint density at radius 1 is 1.04 bits per heavy atom. The first-order chi connectivity index (χ1) is 13.0. The van der Waals surface area contributed by atoms with Crippen molar-refractivity contribution in [3.63, 3.8) is 0 Å². The summed E-state index contributed by atoms with van der Waals surface area (Å²) in [7, 11) is 1.61. The van der Waals surface area contributed by atoms with Gasteiger partial charge in [0.25, 0.3) is 5.91 Å². The second-order valence-electron chi connectivity index (χ2n) is 6.62. The van der Waals surface area contributed by atoms with E-state index in [1.54, 1.807) is 7.11 Å². The molecule has 0 unspecified atom stereocenters. The van der Waals surface area contributed by atoms with Crippen molar-refractivity contribution in [1.82, 2.24) is 5.32 Å². The van der Waals surface area contributed by atoms with Gasteiger partial charge in [0.2, 0.25) is 0 Å². The first-order valence-electron chi connectivity index (χ1n) is 9.32. The molecule has 0 bridgehead atoms. The topological polar surface area (TPSA) is 56.8 Å². The fourth-order valence-electron chi connectivity index (χ4n) is 2.50. The van der Waals surface area contributed by atoms with Crippen LogP contribution in [0.5, 0.6) is 17.2 Å². The van der Waals surface area contributed by atoms with Crippen molar-refractivity contribution in [1.29, 1.82) is 0 Å². The van der Waals surface area contributed by atoms with Crippen LogP contribution in [-0.4, -0.2) is 26.2 Å². The average molecular weight is 371 g/mol. The lowest BCUT2D eigenvalue weighted by molar-refractivity contribution is -0.123. The molecular weight excluding hydrogens is 342 g/mol. The minimum Gasteiger partial charge on any atom is -0.493 e. The molecule has 27 heavy (non-hydrogen) atoms. The van der Waals surface area contributed by atoms with Gasteiger partial charge in [0, 0.05) is 6.54 Å². The summed E-state index contributed by atoms with van der Waals surface area (Å²) in [5.74, 6) is 2.36. The number of benzene rings is 2. The van der Waals surface area contributed by atoms with Gasteiger partial charge < -0.3 is 19.5 Å². The summed E-state index contributed by atoms with van der Waals surface area (Å²) in [6.45, 7) is 7.36. The van der Waals surface area contributed by atoms with E-state index in [1.165, 1.54) is 5.56 Å². The molecule has 2 rings (SSSR count). The van der Waals surface area contributed by atoms with Crippen LogP contribution in [0.3, 0.4) is 0 Å². The Bertz CT molecular complexity index is 726. The lowest BCUT2D eigenvalue weighted by Gasteiger charge is -2.12. The minimum atomic E-state index is -0.173. The summed E-state index contributed by atoms with van der Waals surface area (Å²) in [5, 5.41) is 2.85. The Kier molecular flexibility index (Phi) is 7.99. The Hall–Kier alpha value is -2.69. The molecule has 0 heterocycles. The quantitative estimate of drug-likeness (QED) is 0.676. The number of amides is 1. The highest BCUT2D eigenvalue weighted by atomic mass is 16.5. The van der Waals surface area contributed by atoms with Crippen molar-refractivity contribution >= 4 is 5.91 Å². The van der Waals surface area contributed by atoms with Crippen molar-refractivity contribution in [3.05, 3.63) is 53.6 Å². The number of hydrogen-bond acceptors (Lipinski definition) is 4. The summed E-state index contributed by atoms with van der Waals surface area (Å²) < 4.78 is 16.5. The Balaban J connectivity index is 1.82. The number of ether oxygens (including phenoxy) is 3. The molecule has 0 aliphatic carbocycles. The molecule has 146 valence electrons. The first kappa shape index (κ1) is 20.6. The van der Waals surface area contributed by atoms with Gasteiger partial charge in [0.1, 0.15) is 5.75 Å². The number of methoxy groups -OCH3 is 1. The van der Waals surface area contributed by atoms with Gasteiger partial charge in [-0.3, -0.25) is 4.79 Å². The SMILES string of the molecule is CCCOc1ccc(CNC(=O)COc2ccc(C(C)C)cc2)cc1OC. The van der Waals surface area contributed by atoms with Gasteiger partial charge in [0.15, 0.2) is 18.1 Å². The second kappa shape index (κ2) is 10.5. The molecule has 0 radical (unpaired) electrons. The van der Waals surface area contributed by atoms with E-state index >= 15 is 0 Å². The van der Waals surface area contributed by atoms with Crippen molar-refractivity contribution in [2.45, 2.75) is 39.7 Å². The molecule has 0 saturated carbocycles. The molecule has 0 saturated heterocycles. The maximum atomic E-state index is 12.0. The van der Waals surface area contributed by atoms with E-state index in [0.717, 1.165) is 12.0 Å². The predicted octanol–water partition coefficient (Wildman–Crippen LogP) is 4.30. The average Bonchev–Trinajstić information content (AvgIpc) is 2.69. The van der Waals surface area contributed by atoms with Crippen LogP contribution in [0.15, 0.2) is 42.5 Å². The van der Waals surface area contributed by atoms with Crippen LogP contribution in [0, 0.1) is 0 Å². The molecule has 0 atom stereocenters. The lowest BCUT2D eigenvalue weighted by atomic mass is 10.0. The van der Waals surface area contributed by atoms with E-state index in [0.29, 0.717) is 36.3 Å². The molecule has 5 nitrogen and oxygen atoms in total. The van der Waals surface area contributed by atoms with Crippen LogP contribution in [0.4, 0.5) is 0 Å². The molecule has 2 aromatic carbocycles. The largest absolute Gasteiger partial charge is 0.493 e. The van der Waals surface area contributed by atoms with Crippen molar-refractivity contribution in [2.24, 2.45) is 0 Å². The van der Waals surface area contributed by atoms with E-state index in [-0.39, 0.29) is 12.5 Å². The molecular formula is C22H29NO4. The van der Waals surface area contributed by atoms with Crippen LogP contribution in [-0.2, 0) is 11.3 Å². The van der Waals surface area contributed by atoms with E-state index in [2.05, 4.69) is 26.1 Å². The third kappa shape index (κ3) is 6.51. The molecule has 0 fully saturated rings. The Morgan fingerprint density at radius 3 is 2.41 bits per heavy atom. The van der Waals surface area contributed by atoms with Gasteiger partial charge >= 0.3 is 0 Å². The van der Waals surface area contributed by atoms with Gasteiger partial charge in [-0.2, -0.15) is 0 Å². The third-order valence-electron chi connectivity index (χ3n) is 4.10. The van der Waals surface area contributed by atoms with Crippen LogP contribution in [0.1, 0.15) is 44.2 Å². The molecule has 0 aromatic heterocycles. The van der Waals surface area contributed by atoms with Crippen LogP contribution < -0.4 is 19.5 Å². The summed E-state index contributed by atoms with van der Waals surface area (Å²) in [5.41, 5.74) is 2.18. The Morgan fingerprint density at radius 2 is 1.78 bits per heavy atom. The predicted molar refractivity (Wildman–Crippen MR) is 107 cm³/mol. The highest BCUT2D eigenvalue weighted by Crippen LogP contribution is 2.28. The maximum Gasteiger partial charge on any atom is 0.258 e. The molecule has 1 amide bonds. The molecule has 1 N–H and O–H groups in total. The molecule has 0 aliphatic rings. The fraction of sp³-hybridized carbons (Fsp3) is 0.409. The lowest BCUT2D eigenvalue weighted by Crippen LogP contribution is -2.28. The summed E-state index contributed by atoms with van der Waals surface area (Å²) in [4.78, 5) is 12.0. The number of carbonyl (C=O) groups is 1. The van der Waals surface area contributed by atoms with Crippen molar-refractivity contribution < 1.29 is 19.0 Å². The number of nitrogens with one attached hydrogen (secondary N) is 1. The van der Waals surface area contributed by atoms with Gasteiger partial charge in [-0.15, -0.1) is 0 Å². The summed E-state index contributed by atoms with van der Waals surface area (Å²) >= 11 is 0. The molecule has 2 aromatic rings. The summed E-state index contributed by atoms with van der Waals surface area (Å²) in [6.07, 6.45) is 0.932. The third-order valence-corrected chi connectivity index (χ3v) is 4.10. The normalized spacial score (nSPS) is 10.6. The highest BCUT2D eigenvalue weighted by Gasteiger charge is 2.08. The number of hydrogen-bond donors (Lipinski definition) is 1. The monoisotopic (exact) mass is 371 g/mol. The summed E-state index contributed by atoms with van der Waals surface area (Å²) in [6, 6.07) is 13.5. The highest BCUT2D eigenvalue weighted by molar-refractivity contribution is 5.77. The van der Waals surface area contributed by atoms with Crippen LogP contribution in [0.2, 0.25) is 0 Å². The number of carbonyl (C=O) groups excluding carboxylic acids is 1. The first-order valence-corrected chi connectivity index (χ1v) is 9.32.